The zero-order valence-corrected chi connectivity index (χ0v) is 14.7. The molecule has 0 radical (unpaired) electrons. The lowest BCUT2D eigenvalue weighted by Gasteiger charge is -2.12. The summed E-state index contributed by atoms with van der Waals surface area (Å²) in [7, 11) is 0. The standard InChI is InChI=1S/C16H25NO2.C2H2O4/c1-4-6-15-11-13(2)7-8-16(15)19-10-5-9-17-12-14(3)18;3-1(4)2(5)6/h4,7-8,11,14,17-18H,1,5-6,9-10,12H2,2-3H3;(H,3,4)(H,5,6). The van der Waals surface area contributed by atoms with Crippen molar-refractivity contribution >= 4 is 11.9 Å². The number of ether oxygens (including phenoxy) is 1. The van der Waals surface area contributed by atoms with Gasteiger partial charge in [0.05, 0.1) is 12.7 Å². The second-order valence-electron chi connectivity index (χ2n) is 5.47. The predicted octanol–water partition coefficient (Wildman–Crippen LogP) is 1.62. The Morgan fingerprint density at radius 1 is 1.32 bits per heavy atom. The number of hydrogen-bond donors (Lipinski definition) is 4. The molecule has 0 saturated carbocycles. The Kier molecular flexibility index (Phi) is 11.7. The molecule has 0 spiro atoms. The van der Waals surface area contributed by atoms with Crippen LogP contribution in [0.2, 0.25) is 0 Å². The molecule has 1 rings (SSSR count). The number of nitrogens with one attached hydrogen (secondary N) is 1. The zero-order valence-electron chi connectivity index (χ0n) is 14.7. The van der Waals surface area contributed by atoms with Gasteiger partial charge in [0.2, 0.25) is 0 Å². The highest BCUT2D eigenvalue weighted by Gasteiger charge is 2.04. The van der Waals surface area contributed by atoms with Crippen LogP contribution in [0.3, 0.4) is 0 Å². The number of carbonyl (C=O) groups is 2. The van der Waals surface area contributed by atoms with Crippen molar-refractivity contribution in [1.82, 2.24) is 5.32 Å². The van der Waals surface area contributed by atoms with Crippen molar-refractivity contribution in [3.63, 3.8) is 0 Å². The first-order chi connectivity index (χ1) is 11.8. The molecule has 7 heteroatoms. The lowest BCUT2D eigenvalue weighted by atomic mass is 10.1. The molecule has 0 aliphatic carbocycles. The minimum Gasteiger partial charge on any atom is -0.493 e. The van der Waals surface area contributed by atoms with Gasteiger partial charge in [0.15, 0.2) is 0 Å². The molecule has 0 bridgehead atoms. The largest absolute Gasteiger partial charge is 0.493 e. The second kappa shape index (κ2) is 13.0. The average molecular weight is 353 g/mol. The molecular weight excluding hydrogens is 326 g/mol. The Morgan fingerprint density at radius 3 is 2.48 bits per heavy atom. The van der Waals surface area contributed by atoms with Gasteiger partial charge in [-0.2, -0.15) is 0 Å². The number of aliphatic carboxylic acids is 2. The Bertz CT molecular complexity index is 544. The van der Waals surface area contributed by atoms with Crippen LogP contribution < -0.4 is 10.1 Å². The van der Waals surface area contributed by atoms with E-state index >= 15 is 0 Å². The summed E-state index contributed by atoms with van der Waals surface area (Å²) in [5.41, 5.74) is 2.43. The van der Waals surface area contributed by atoms with E-state index in [0.717, 1.165) is 25.1 Å². The maximum Gasteiger partial charge on any atom is 0.414 e. The molecule has 1 aromatic carbocycles. The molecule has 4 N–H and O–H groups in total. The van der Waals surface area contributed by atoms with Gasteiger partial charge in [0.1, 0.15) is 5.75 Å². The van der Waals surface area contributed by atoms with Gasteiger partial charge in [-0.15, -0.1) is 6.58 Å². The van der Waals surface area contributed by atoms with Crippen LogP contribution in [0.15, 0.2) is 30.9 Å². The van der Waals surface area contributed by atoms with Gasteiger partial charge < -0.3 is 25.4 Å². The summed E-state index contributed by atoms with van der Waals surface area (Å²) < 4.78 is 5.80. The number of hydrogen-bond acceptors (Lipinski definition) is 5. The third-order valence-corrected chi connectivity index (χ3v) is 2.96. The van der Waals surface area contributed by atoms with Crippen molar-refractivity contribution in [3.05, 3.63) is 42.0 Å². The van der Waals surface area contributed by atoms with E-state index in [-0.39, 0.29) is 6.10 Å². The molecule has 0 amide bonds. The molecule has 1 unspecified atom stereocenters. The van der Waals surface area contributed by atoms with E-state index in [1.807, 2.05) is 12.1 Å². The number of allylic oxidation sites excluding steroid dienone is 1. The molecule has 0 aliphatic rings. The Morgan fingerprint density at radius 2 is 1.96 bits per heavy atom. The number of carboxylic acids is 2. The summed E-state index contributed by atoms with van der Waals surface area (Å²) >= 11 is 0. The van der Waals surface area contributed by atoms with Gasteiger partial charge in [0, 0.05) is 6.54 Å². The Labute approximate surface area is 147 Å². The summed E-state index contributed by atoms with van der Waals surface area (Å²) in [6.07, 6.45) is 3.36. The summed E-state index contributed by atoms with van der Waals surface area (Å²) in [6.45, 7) is 9.80. The molecule has 1 atom stereocenters. The number of carboxylic acid groups (broad SMARTS) is 2. The molecule has 0 aromatic heterocycles. The second-order valence-corrected chi connectivity index (χ2v) is 5.47. The minimum atomic E-state index is -1.82. The van der Waals surface area contributed by atoms with Crippen LogP contribution in [0.4, 0.5) is 0 Å². The van der Waals surface area contributed by atoms with Crippen LogP contribution in [-0.2, 0) is 16.0 Å². The van der Waals surface area contributed by atoms with Crippen LogP contribution in [0.5, 0.6) is 5.75 Å². The first kappa shape index (κ1) is 22.6. The zero-order chi connectivity index (χ0) is 19.2. The topological polar surface area (TPSA) is 116 Å². The molecule has 1 aromatic rings. The number of aryl methyl sites for hydroxylation is 1. The SMILES string of the molecule is C=CCc1cc(C)ccc1OCCCNCC(C)O.O=C(O)C(=O)O. The fourth-order valence-corrected chi connectivity index (χ4v) is 1.85. The predicted molar refractivity (Wildman–Crippen MR) is 95.0 cm³/mol. The maximum atomic E-state index is 9.11. The van der Waals surface area contributed by atoms with Crippen molar-refractivity contribution in [3.8, 4) is 5.75 Å². The van der Waals surface area contributed by atoms with Crippen molar-refractivity contribution in [2.24, 2.45) is 0 Å². The normalized spacial score (nSPS) is 11.0. The van der Waals surface area contributed by atoms with Crippen LogP contribution in [0.25, 0.3) is 0 Å². The molecule has 0 aliphatic heterocycles. The fourth-order valence-electron chi connectivity index (χ4n) is 1.85. The summed E-state index contributed by atoms with van der Waals surface area (Å²) in [4.78, 5) is 18.2. The van der Waals surface area contributed by atoms with Gasteiger partial charge in [-0.25, -0.2) is 9.59 Å². The van der Waals surface area contributed by atoms with Crippen molar-refractivity contribution < 1.29 is 29.6 Å². The van der Waals surface area contributed by atoms with E-state index in [1.54, 1.807) is 6.92 Å². The number of aliphatic hydroxyl groups is 1. The first-order valence-electron chi connectivity index (χ1n) is 7.96. The van der Waals surface area contributed by atoms with Crippen molar-refractivity contribution in [1.29, 1.82) is 0 Å². The number of benzene rings is 1. The molecule has 140 valence electrons. The van der Waals surface area contributed by atoms with Gasteiger partial charge in [-0.1, -0.05) is 23.8 Å². The fraction of sp³-hybridized carbons (Fsp3) is 0.444. The van der Waals surface area contributed by atoms with Gasteiger partial charge in [-0.3, -0.25) is 0 Å². The summed E-state index contributed by atoms with van der Waals surface area (Å²) in [5, 5.41) is 27.1. The van der Waals surface area contributed by atoms with E-state index in [4.69, 9.17) is 29.6 Å². The van der Waals surface area contributed by atoms with E-state index in [1.165, 1.54) is 11.1 Å². The first-order valence-corrected chi connectivity index (χ1v) is 7.96. The summed E-state index contributed by atoms with van der Waals surface area (Å²) in [6, 6.07) is 6.23. The van der Waals surface area contributed by atoms with E-state index in [2.05, 4.69) is 31.0 Å². The molecule has 0 saturated heterocycles. The Balaban J connectivity index is 0.000000823. The lowest BCUT2D eigenvalue weighted by Crippen LogP contribution is -2.26. The average Bonchev–Trinajstić information content (AvgIpc) is 2.53. The van der Waals surface area contributed by atoms with E-state index in [0.29, 0.717) is 13.2 Å². The van der Waals surface area contributed by atoms with Gasteiger partial charge in [-0.05, 0) is 44.9 Å². The van der Waals surface area contributed by atoms with Gasteiger partial charge >= 0.3 is 11.9 Å². The number of rotatable bonds is 9. The lowest BCUT2D eigenvalue weighted by molar-refractivity contribution is -0.159. The van der Waals surface area contributed by atoms with Crippen molar-refractivity contribution in [2.75, 3.05) is 19.7 Å². The molecule has 25 heavy (non-hydrogen) atoms. The van der Waals surface area contributed by atoms with Gasteiger partial charge in [0.25, 0.3) is 0 Å². The van der Waals surface area contributed by atoms with Crippen molar-refractivity contribution in [2.45, 2.75) is 32.8 Å². The molecule has 7 nitrogen and oxygen atoms in total. The quantitative estimate of drug-likeness (QED) is 0.303. The van der Waals surface area contributed by atoms with Crippen LogP contribution in [-0.4, -0.2) is 53.1 Å². The Hall–Kier alpha value is -2.38. The van der Waals surface area contributed by atoms with Crippen LogP contribution in [0, 0.1) is 6.92 Å². The third kappa shape index (κ3) is 11.7. The highest BCUT2D eigenvalue weighted by molar-refractivity contribution is 6.27. The third-order valence-electron chi connectivity index (χ3n) is 2.96. The maximum absolute atomic E-state index is 9.11. The highest BCUT2D eigenvalue weighted by atomic mass is 16.5. The number of aliphatic hydroxyl groups excluding tert-OH is 1. The van der Waals surface area contributed by atoms with E-state index in [9.17, 15) is 0 Å². The minimum absolute atomic E-state index is 0.294. The summed E-state index contributed by atoms with van der Waals surface area (Å²) in [5.74, 6) is -2.70. The molecule has 0 fully saturated rings. The smallest absolute Gasteiger partial charge is 0.414 e. The van der Waals surface area contributed by atoms with E-state index < -0.39 is 11.9 Å². The van der Waals surface area contributed by atoms with Crippen LogP contribution in [0.1, 0.15) is 24.5 Å². The molecule has 0 heterocycles. The molecular formula is C18H27NO6. The monoisotopic (exact) mass is 353 g/mol. The highest BCUT2D eigenvalue weighted by Crippen LogP contribution is 2.21. The van der Waals surface area contributed by atoms with Crippen LogP contribution >= 0.6 is 0 Å².